The molecule has 0 unspecified atom stereocenters. The van der Waals surface area contributed by atoms with E-state index in [0.29, 0.717) is 26.3 Å². The second-order valence-corrected chi connectivity index (χ2v) is 6.27. The molecule has 1 aliphatic heterocycles. The molecule has 0 atom stereocenters. The number of morpholine rings is 1. The summed E-state index contributed by atoms with van der Waals surface area (Å²) in [5.74, 6) is -0.371. The number of anilines is 1. The number of aromatic amines is 1. The molecule has 0 saturated carbocycles. The maximum Gasteiger partial charge on any atom is 0.332 e. The van der Waals surface area contributed by atoms with Crippen LogP contribution in [0.25, 0.3) is 11.2 Å². The summed E-state index contributed by atoms with van der Waals surface area (Å²) in [7, 11) is 2.85. The minimum absolute atomic E-state index is 0.0619. The highest BCUT2D eigenvalue weighted by atomic mass is 32.1. The molecule has 1 aliphatic rings. The number of carbonyl (C=O) groups is 1. The van der Waals surface area contributed by atoms with E-state index in [1.807, 2.05) is 0 Å². The number of fused-ring (bicyclic) bond motifs is 1. The first-order valence-electron chi connectivity index (χ1n) is 7.97. The molecular weight excluding hydrogens is 376 g/mol. The molecule has 1 fully saturated rings. The van der Waals surface area contributed by atoms with Crippen molar-refractivity contribution in [2.24, 2.45) is 24.9 Å². The highest BCUT2D eigenvalue weighted by Gasteiger charge is 2.24. The normalized spacial score (nSPS) is 15.2. The average molecular weight is 394 g/mol. The summed E-state index contributed by atoms with van der Waals surface area (Å²) in [4.78, 5) is 44.9. The van der Waals surface area contributed by atoms with Crippen molar-refractivity contribution >= 4 is 45.9 Å². The summed E-state index contributed by atoms with van der Waals surface area (Å²) in [5, 5.41) is 3.95. The Bertz CT molecular complexity index is 1060. The molecular formula is C14H18N8O4S. The van der Waals surface area contributed by atoms with Crippen LogP contribution in [-0.2, 0) is 23.6 Å². The highest BCUT2D eigenvalue weighted by Crippen LogP contribution is 2.08. The van der Waals surface area contributed by atoms with Crippen LogP contribution >= 0.6 is 12.2 Å². The molecule has 2 aromatic rings. The van der Waals surface area contributed by atoms with E-state index in [-0.39, 0.29) is 27.8 Å². The molecule has 1 saturated heterocycles. The molecule has 0 aliphatic carbocycles. The number of hydrogen-bond acceptors (Lipinski definition) is 8. The lowest BCUT2D eigenvalue weighted by atomic mass is 10.3. The number of ether oxygens (including phenoxy) is 1. The molecule has 12 nitrogen and oxygen atoms in total. The summed E-state index contributed by atoms with van der Waals surface area (Å²) in [5.41, 5.74) is 7.24. The molecule has 3 rings (SSSR count). The lowest BCUT2D eigenvalue weighted by molar-refractivity contribution is -0.127. The first-order chi connectivity index (χ1) is 12.8. The highest BCUT2D eigenvalue weighted by molar-refractivity contribution is 7.82. The number of nitrogens with two attached hydrogens (primary N) is 1. The van der Waals surface area contributed by atoms with E-state index in [4.69, 9.17) is 22.7 Å². The molecule has 144 valence electrons. The van der Waals surface area contributed by atoms with Crippen LogP contribution in [0.2, 0.25) is 0 Å². The van der Waals surface area contributed by atoms with Gasteiger partial charge in [-0.15, -0.1) is 0 Å². The van der Waals surface area contributed by atoms with Crippen LogP contribution in [-0.4, -0.2) is 66.9 Å². The number of amides is 1. The van der Waals surface area contributed by atoms with Crippen molar-refractivity contribution in [2.45, 2.75) is 0 Å². The van der Waals surface area contributed by atoms with Crippen molar-refractivity contribution < 1.29 is 9.53 Å². The number of rotatable bonds is 4. The lowest BCUT2D eigenvalue weighted by Crippen LogP contribution is -2.47. The van der Waals surface area contributed by atoms with Gasteiger partial charge in [-0.3, -0.25) is 18.7 Å². The predicted octanol–water partition coefficient (Wildman–Crippen LogP) is -2.13. The minimum atomic E-state index is -0.531. The predicted molar refractivity (Wildman–Crippen MR) is 102 cm³/mol. The van der Waals surface area contributed by atoms with Gasteiger partial charge in [-0.2, -0.15) is 10.1 Å². The van der Waals surface area contributed by atoms with Gasteiger partial charge in [0.25, 0.3) is 11.5 Å². The Labute approximate surface area is 157 Å². The van der Waals surface area contributed by atoms with Gasteiger partial charge in [0.05, 0.1) is 13.2 Å². The van der Waals surface area contributed by atoms with Crippen LogP contribution in [0.5, 0.6) is 0 Å². The number of nitrogens with zero attached hydrogens (tertiary/aromatic N) is 5. The van der Waals surface area contributed by atoms with E-state index in [0.717, 1.165) is 4.57 Å². The third kappa shape index (κ3) is 3.46. The van der Waals surface area contributed by atoms with Gasteiger partial charge in [-0.05, 0) is 0 Å². The number of carbonyl (C=O) groups excluding carboxylic acids is 1. The van der Waals surface area contributed by atoms with Crippen LogP contribution in [0.15, 0.2) is 14.7 Å². The molecule has 0 radical (unpaired) electrons. The standard InChI is InChI=1S/C14H18N8O4S/c1-20-10-8(11(23)21(2)14(20)25)16-13(17-10)19-18-7(9(15)27)12(24)22-3-5-26-6-4-22/h3-6H2,1-2H3,(H2,15,27)(H2,16,17,19)/b18-7+. The Morgan fingerprint density at radius 3 is 2.59 bits per heavy atom. The molecule has 27 heavy (non-hydrogen) atoms. The SMILES string of the molecule is Cn1c(=O)c2[nH]c(N/N=C(/C(=O)N3CCOCC3)C(N)=S)nc2n(C)c1=O. The number of thiocarbonyl (C=S) groups is 1. The van der Waals surface area contributed by atoms with Crippen molar-refractivity contribution in [3.05, 3.63) is 20.8 Å². The minimum Gasteiger partial charge on any atom is -0.388 e. The second-order valence-electron chi connectivity index (χ2n) is 5.83. The fraction of sp³-hybridized carbons (Fsp3) is 0.429. The van der Waals surface area contributed by atoms with Gasteiger partial charge in [-0.1, -0.05) is 12.2 Å². The van der Waals surface area contributed by atoms with Crippen LogP contribution < -0.4 is 22.4 Å². The van der Waals surface area contributed by atoms with Crippen molar-refractivity contribution in [3.63, 3.8) is 0 Å². The third-order valence-electron chi connectivity index (χ3n) is 4.10. The number of H-pyrrole nitrogens is 1. The summed E-state index contributed by atoms with van der Waals surface area (Å²) in [6, 6.07) is 0. The van der Waals surface area contributed by atoms with Gasteiger partial charge in [-0.25, -0.2) is 10.2 Å². The van der Waals surface area contributed by atoms with Gasteiger partial charge < -0.3 is 20.4 Å². The third-order valence-corrected chi connectivity index (χ3v) is 4.30. The van der Waals surface area contributed by atoms with Gasteiger partial charge in [0, 0.05) is 27.2 Å². The van der Waals surface area contributed by atoms with E-state index >= 15 is 0 Å². The summed E-state index contributed by atoms with van der Waals surface area (Å²) >= 11 is 4.92. The largest absolute Gasteiger partial charge is 0.388 e. The monoisotopic (exact) mass is 394 g/mol. The fourth-order valence-electron chi connectivity index (χ4n) is 2.61. The quantitative estimate of drug-likeness (QED) is 0.302. The Kier molecular flexibility index (Phi) is 5.05. The van der Waals surface area contributed by atoms with E-state index in [9.17, 15) is 14.4 Å². The number of aromatic nitrogens is 4. The van der Waals surface area contributed by atoms with Crippen LogP contribution in [0, 0.1) is 0 Å². The summed E-state index contributed by atoms with van der Waals surface area (Å²) in [6.45, 7) is 1.65. The van der Waals surface area contributed by atoms with Crippen molar-refractivity contribution in [2.75, 3.05) is 31.7 Å². The molecule has 4 N–H and O–H groups in total. The van der Waals surface area contributed by atoms with Crippen LogP contribution in [0.4, 0.5) is 5.95 Å². The van der Waals surface area contributed by atoms with Crippen LogP contribution in [0.1, 0.15) is 0 Å². The number of imidazole rings is 1. The number of nitrogens with one attached hydrogen (secondary N) is 2. The molecule has 0 bridgehead atoms. The molecule has 0 aromatic carbocycles. The fourth-order valence-corrected chi connectivity index (χ4v) is 2.75. The van der Waals surface area contributed by atoms with E-state index in [1.54, 1.807) is 0 Å². The Balaban J connectivity index is 1.93. The van der Waals surface area contributed by atoms with Crippen molar-refractivity contribution in [1.82, 2.24) is 24.0 Å². The van der Waals surface area contributed by atoms with Gasteiger partial charge >= 0.3 is 5.69 Å². The average Bonchev–Trinajstić information content (AvgIpc) is 3.09. The topological polar surface area (TPSA) is 153 Å². The van der Waals surface area contributed by atoms with E-state index in [1.165, 1.54) is 23.6 Å². The van der Waals surface area contributed by atoms with Crippen molar-refractivity contribution in [1.29, 1.82) is 0 Å². The molecule has 3 heterocycles. The first-order valence-corrected chi connectivity index (χ1v) is 8.38. The zero-order valence-electron chi connectivity index (χ0n) is 14.7. The van der Waals surface area contributed by atoms with E-state index < -0.39 is 17.2 Å². The zero-order chi connectivity index (χ0) is 19.7. The van der Waals surface area contributed by atoms with Crippen molar-refractivity contribution in [3.8, 4) is 0 Å². The molecule has 2 aromatic heterocycles. The van der Waals surface area contributed by atoms with Gasteiger partial charge in [0.15, 0.2) is 16.9 Å². The van der Waals surface area contributed by atoms with Gasteiger partial charge in [0.2, 0.25) is 5.95 Å². The second kappa shape index (κ2) is 7.28. The molecule has 0 spiro atoms. The Hall–Kier alpha value is -3.06. The van der Waals surface area contributed by atoms with E-state index in [2.05, 4.69) is 20.5 Å². The lowest BCUT2D eigenvalue weighted by Gasteiger charge is -2.26. The number of hydrazone groups is 1. The summed E-state index contributed by atoms with van der Waals surface area (Å²) in [6.07, 6.45) is 0. The maximum atomic E-state index is 12.5. The Morgan fingerprint density at radius 2 is 1.96 bits per heavy atom. The van der Waals surface area contributed by atoms with Gasteiger partial charge in [0.1, 0.15) is 4.99 Å². The van der Waals surface area contributed by atoms with Crippen LogP contribution in [0.3, 0.4) is 0 Å². The molecule has 1 amide bonds. The summed E-state index contributed by atoms with van der Waals surface area (Å²) < 4.78 is 7.38. The zero-order valence-corrected chi connectivity index (χ0v) is 15.5. The number of hydrogen-bond donors (Lipinski definition) is 3. The molecule has 13 heteroatoms. The maximum absolute atomic E-state index is 12.5. The smallest absolute Gasteiger partial charge is 0.332 e. The first kappa shape index (κ1) is 18.7. The number of aryl methyl sites for hydroxylation is 1. The Morgan fingerprint density at radius 1 is 1.30 bits per heavy atom.